The number of methoxy groups -OCH3 is 1. The average molecular weight is 388 g/mol. The van der Waals surface area contributed by atoms with Gasteiger partial charge >= 0.3 is 5.97 Å². The molecule has 1 heterocycles. The minimum absolute atomic E-state index is 0.457. The van der Waals surface area contributed by atoms with Crippen LogP contribution < -0.4 is 15.8 Å². The summed E-state index contributed by atoms with van der Waals surface area (Å²) in [5.74, 6) is -0.203. The fourth-order valence-electron chi connectivity index (χ4n) is 3.04. The van der Waals surface area contributed by atoms with Crippen LogP contribution in [-0.2, 0) is 4.79 Å². The minimum Gasteiger partial charge on any atom is -0.497 e. The molecule has 0 radical (unpaired) electrons. The lowest BCUT2D eigenvalue weighted by molar-refractivity contribution is -0.138. The number of fused-ring (bicyclic) bond motifs is 2. The summed E-state index contributed by atoms with van der Waals surface area (Å²) < 4.78 is 5.35. The molecular weight excluding hydrogens is 366 g/mol. The summed E-state index contributed by atoms with van der Waals surface area (Å²) in [7, 11) is 1.63. The summed E-state index contributed by atoms with van der Waals surface area (Å²) in [5, 5.41) is 14.9. The summed E-state index contributed by atoms with van der Waals surface area (Å²) in [6.45, 7) is 0.695. The van der Waals surface area contributed by atoms with Gasteiger partial charge in [0.1, 0.15) is 11.8 Å². The van der Waals surface area contributed by atoms with E-state index in [1.807, 2.05) is 36.4 Å². The van der Waals surface area contributed by atoms with Crippen molar-refractivity contribution >= 4 is 45.1 Å². The Kier molecular flexibility index (Phi) is 5.98. The molecule has 3 rings (SSSR count). The second kappa shape index (κ2) is 8.41. The normalized spacial score (nSPS) is 12.3. The number of hydrogen-bond donors (Lipinski definition) is 3. The molecule has 0 saturated carbocycles. The predicted molar refractivity (Wildman–Crippen MR) is 109 cm³/mol. The van der Waals surface area contributed by atoms with E-state index in [1.54, 1.807) is 7.11 Å². The molecule has 0 aliphatic carbocycles. The topological polar surface area (TPSA) is 97.5 Å². The number of aliphatic carboxylic acids is 1. The zero-order valence-corrected chi connectivity index (χ0v) is 15.8. The Morgan fingerprint density at radius 2 is 2.04 bits per heavy atom. The number of nitrogens with two attached hydrogens (primary N) is 1. The number of carboxylic acid groups (broad SMARTS) is 1. The molecular formula is C20H22ClN3O3. The highest BCUT2D eigenvalue weighted by molar-refractivity contribution is 6.31. The summed E-state index contributed by atoms with van der Waals surface area (Å²) >= 11 is 6.13. The third kappa shape index (κ3) is 4.40. The van der Waals surface area contributed by atoms with Crippen molar-refractivity contribution in [3.05, 3.63) is 41.4 Å². The Bertz CT molecular complexity index is 977. The first-order chi connectivity index (χ1) is 13.0. The highest BCUT2D eigenvalue weighted by Crippen LogP contribution is 2.34. The number of carboxylic acids is 1. The van der Waals surface area contributed by atoms with Crippen LogP contribution in [0.25, 0.3) is 21.8 Å². The van der Waals surface area contributed by atoms with E-state index in [9.17, 15) is 4.79 Å². The van der Waals surface area contributed by atoms with Crippen molar-refractivity contribution in [2.75, 3.05) is 19.0 Å². The number of pyridine rings is 1. The van der Waals surface area contributed by atoms with Gasteiger partial charge in [0.05, 0.1) is 23.8 Å². The van der Waals surface area contributed by atoms with Crippen LogP contribution in [0.2, 0.25) is 5.02 Å². The van der Waals surface area contributed by atoms with E-state index in [4.69, 9.17) is 32.2 Å². The molecule has 0 fully saturated rings. The SMILES string of the molecule is COc1ccc2nc3cc(Cl)ccc3c(NCCCC[C@H](N)C(=O)O)c2c1. The highest BCUT2D eigenvalue weighted by atomic mass is 35.5. The van der Waals surface area contributed by atoms with Crippen LogP contribution in [-0.4, -0.2) is 35.8 Å². The predicted octanol–water partition coefficient (Wildman–Crippen LogP) is 4.04. The van der Waals surface area contributed by atoms with Crippen LogP contribution in [0.15, 0.2) is 36.4 Å². The van der Waals surface area contributed by atoms with E-state index in [2.05, 4.69) is 5.32 Å². The number of nitrogens with zero attached hydrogens (tertiary/aromatic N) is 1. The lowest BCUT2D eigenvalue weighted by Gasteiger charge is -2.14. The number of carbonyl (C=O) groups is 1. The smallest absolute Gasteiger partial charge is 0.320 e. The van der Waals surface area contributed by atoms with Gasteiger partial charge in [-0.15, -0.1) is 0 Å². The van der Waals surface area contributed by atoms with Gasteiger partial charge < -0.3 is 20.9 Å². The monoisotopic (exact) mass is 387 g/mol. The van der Waals surface area contributed by atoms with Crippen molar-refractivity contribution in [2.24, 2.45) is 5.73 Å². The van der Waals surface area contributed by atoms with Crippen molar-refractivity contribution in [1.82, 2.24) is 4.98 Å². The largest absolute Gasteiger partial charge is 0.497 e. The van der Waals surface area contributed by atoms with E-state index in [0.29, 0.717) is 18.0 Å². The maximum atomic E-state index is 10.8. The van der Waals surface area contributed by atoms with Crippen LogP contribution in [0.1, 0.15) is 19.3 Å². The molecule has 0 saturated heterocycles. The lowest BCUT2D eigenvalue weighted by Crippen LogP contribution is -2.29. The van der Waals surface area contributed by atoms with Gasteiger partial charge in [0.15, 0.2) is 0 Å². The molecule has 0 amide bonds. The number of hydrogen-bond acceptors (Lipinski definition) is 5. The standard InChI is InChI=1S/C20H22ClN3O3/c1-27-13-6-8-17-15(11-13)19(14-7-5-12(21)10-18(14)24-17)23-9-3-2-4-16(22)20(25)26/h5-8,10-11,16H,2-4,9,22H2,1H3,(H,23,24)(H,25,26)/t16-/m0/s1. The number of aromatic nitrogens is 1. The molecule has 2 aromatic carbocycles. The van der Waals surface area contributed by atoms with Gasteiger partial charge in [-0.25, -0.2) is 4.98 Å². The zero-order valence-electron chi connectivity index (χ0n) is 15.0. The van der Waals surface area contributed by atoms with Crippen LogP contribution >= 0.6 is 11.6 Å². The van der Waals surface area contributed by atoms with Gasteiger partial charge in [-0.1, -0.05) is 11.6 Å². The number of halogens is 1. The van der Waals surface area contributed by atoms with Gasteiger partial charge in [0, 0.05) is 22.3 Å². The maximum absolute atomic E-state index is 10.8. The number of nitrogens with one attached hydrogen (secondary N) is 1. The Hall–Kier alpha value is -2.57. The van der Waals surface area contributed by atoms with E-state index in [-0.39, 0.29) is 0 Å². The van der Waals surface area contributed by atoms with E-state index < -0.39 is 12.0 Å². The molecule has 0 unspecified atom stereocenters. The minimum atomic E-state index is -0.960. The van der Waals surface area contributed by atoms with Crippen molar-refractivity contribution in [2.45, 2.75) is 25.3 Å². The molecule has 0 aliphatic rings. The van der Waals surface area contributed by atoms with Gasteiger partial charge in [-0.05, 0) is 55.7 Å². The molecule has 142 valence electrons. The number of ether oxygens (including phenoxy) is 1. The summed E-state index contributed by atoms with van der Waals surface area (Å²) in [5.41, 5.74) is 8.18. The molecule has 4 N–H and O–H groups in total. The number of anilines is 1. The molecule has 6 nitrogen and oxygen atoms in total. The second-order valence-corrected chi connectivity index (χ2v) is 6.84. The van der Waals surface area contributed by atoms with Crippen LogP contribution in [0, 0.1) is 0 Å². The lowest BCUT2D eigenvalue weighted by atomic mass is 10.1. The first-order valence-corrected chi connectivity index (χ1v) is 9.16. The Labute approximate surface area is 162 Å². The second-order valence-electron chi connectivity index (χ2n) is 6.40. The van der Waals surface area contributed by atoms with E-state index in [1.165, 1.54) is 0 Å². The number of unbranched alkanes of at least 4 members (excludes halogenated alkanes) is 1. The third-order valence-corrected chi connectivity index (χ3v) is 4.74. The third-order valence-electron chi connectivity index (χ3n) is 4.50. The Balaban J connectivity index is 1.87. The fourth-order valence-corrected chi connectivity index (χ4v) is 3.21. The molecule has 7 heteroatoms. The quantitative estimate of drug-likeness (QED) is 0.398. The summed E-state index contributed by atoms with van der Waals surface area (Å²) in [6.07, 6.45) is 2.00. The average Bonchev–Trinajstić information content (AvgIpc) is 2.66. The number of rotatable bonds is 8. The van der Waals surface area contributed by atoms with Gasteiger partial charge in [-0.2, -0.15) is 0 Å². The molecule has 27 heavy (non-hydrogen) atoms. The zero-order chi connectivity index (χ0) is 19.4. The molecule has 0 aliphatic heterocycles. The first-order valence-electron chi connectivity index (χ1n) is 8.79. The van der Waals surface area contributed by atoms with Crippen molar-refractivity contribution in [1.29, 1.82) is 0 Å². The summed E-state index contributed by atoms with van der Waals surface area (Å²) in [4.78, 5) is 15.5. The first kappa shape index (κ1) is 19.2. The van der Waals surface area contributed by atoms with Crippen LogP contribution in [0.5, 0.6) is 5.75 Å². The molecule has 0 bridgehead atoms. The van der Waals surface area contributed by atoms with Crippen molar-refractivity contribution < 1.29 is 14.6 Å². The van der Waals surface area contributed by atoms with Crippen LogP contribution in [0.3, 0.4) is 0 Å². The van der Waals surface area contributed by atoms with E-state index >= 15 is 0 Å². The highest BCUT2D eigenvalue weighted by Gasteiger charge is 2.12. The summed E-state index contributed by atoms with van der Waals surface area (Å²) in [6, 6.07) is 10.6. The van der Waals surface area contributed by atoms with E-state index in [0.717, 1.165) is 46.1 Å². The van der Waals surface area contributed by atoms with Crippen molar-refractivity contribution in [3.63, 3.8) is 0 Å². The Morgan fingerprint density at radius 3 is 2.78 bits per heavy atom. The Morgan fingerprint density at radius 1 is 1.22 bits per heavy atom. The molecule has 3 aromatic rings. The molecule has 0 spiro atoms. The fraction of sp³-hybridized carbons (Fsp3) is 0.300. The number of benzene rings is 2. The van der Waals surface area contributed by atoms with Crippen LogP contribution in [0.4, 0.5) is 5.69 Å². The van der Waals surface area contributed by atoms with Crippen molar-refractivity contribution in [3.8, 4) is 5.75 Å². The maximum Gasteiger partial charge on any atom is 0.320 e. The molecule has 1 aromatic heterocycles. The van der Waals surface area contributed by atoms with Gasteiger partial charge in [0.2, 0.25) is 0 Å². The van der Waals surface area contributed by atoms with Gasteiger partial charge in [-0.3, -0.25) is 4.79 Å². The van der Waals surface area contributed by atoms with Gasteiger partial charge in [0.25, 0.3) is 0 Å². The molecule has 1 atom stereocenters.